The number of unbranched alkanes of at least 4 members (excludes halogenated alkanes) is 3. The van der Waals surface area contributed by atoms with Crippen molar-refractivity contribution in [2.45, 2.75) is 129 Å². The van der Waals surface area contributed by atoms with E-state index in [1.807, 2.05) is 38.3 Å². The van der Waals surface area contributed by atoms with Gasteiger partial charge in [0.25, 0.3) is 0 Å². The van der Waals surface area contributed by atoms with E-state index in [1.165, 1.54) is 6.42 Å². The number of nitrogens with zero attached hydrogens (tertiary/aromatic N) is 1. The number of ether oxygens (including phenoxy) is 1. The van der Waals surface area contributed by atoms with Crippen molar-refractivity contribution in [3.05, 3.63) is 34.9 Å². The van der Waals surface area contributed by atoms with Crippen molar-refractivity contribution in [1.82, 2.24) is 15.5 Å². The molecule has 1 aromatic rings. The minimum Gasteiger partial charge on any atom is -0.444 e. The van der Waals surface area contributed by atoms with Gasteiger partial charge in [0.15, 0.2) is 0 Å². The molecule has 3 amide bonds. The second-order valence-electron chi connectivity index (χ2n) is 12.2. The highest BCUT2D eigenvalue weighted by atomic mass is 32.2. The lowest BCUT2D eigenvalue weighted by atomic mass is 9.93. The van der Waals surface area contributed by atoms with E-state index in [4.69, 9.17) is 4.74 Å². The lowest BCUT2D eigenvalue weighted by Gasteiger charge is -2.36. The van der Waals surface area contributed by atoms with Crippen LogP contribution in [0.1, 0.15) is 115 Å². The van der Waals surface area contributed by atoms with Crippen molar-refractivity contribution in [1.29, 1.82) is 0 Å². The highest BCUT2D eigenvalue weighted by Crippen LogP contribution is 2.29. The molecule has 7 nitrogen and oxygen atoms in total. The third kappa shape index (κ3) is 11.3. The lowest BCUT2D eigenvalue weighted by Crippen LogP contribution is -2.54. The molecule has 2 atom stereocenters. The first-order chi connectivity index (χ1) is 19.0. The minimum absolute atomic E-state index is 0.123. The summed E-state index contributed by atoms with van der Waals surface area (Å²) in [5.41, 5.74) is 2.18. The van der Waals surface area contributed by atoms with E-state index in [9.17, 15) is 14.4 Å². The Kier molecular flexibility index (Phi) is 14.4. The Labute approximate surface area is 246 Å². The van der Waals surface area contributed by atoms with Crippen molar-refractivity contribution in [3.63, 3.8) is 0 Å². The van der Waals surface area contributed by atoms with Crippen molar-refractivity contribution in [3.8, 4) is 0 Å². The molecule has 0 aromatic heterocycles. The van der Waals surface area contributed by atoms with Crippen LogP contribution >= 0.6 is 11.8 Å². The number of carbonyl (C=O) groups excluding carboxylic acids is 3. The van der Waals surface area contributed by atoms with Gasteiger partial charge in [-0.05, 0) is 83.4 Å². The van der Waals surface area contributed by atoms with Gasteiger partial charge in [-0.2, -0.15) is 11.8 Å². The molecule has 2 N–H and O–H groups in total. The van der Waals surface area contributed by atoms with Gasteiger partial charge in [-0.25, -0.2) is 4.79 Å². The van der Waals surface area contributed by atoms with Gasteiger partial charge < -0.3 is 20.3 Å². The number of alkyl carbamates (subject to hydrolysis) is 1. The van der Waals surface area contributed by atoms with E-state index in [2.05, 4.69) is 17.6 Å². The Morgan fingerprint density at radius 1 is 1.07 bits per heavy atom. The molecule has 0 heterocycles. The summed E-state index contributed by atoms with van der Waals surface area (Å²) in [5.74, 6) is 0.324. The summed E-state index contributed by atoms with van der Waals surface area (Å²) in [7, 11) is 0. The van der Waals surface area contributed by atoms with Crippen LogP contribution in [0.3, 0.4) is 0 Å². The molecule has 1 aliphatic carbocycles. The topological polar surface area (TPSA) is 87.7 Å². The van der Waals surface area contributed by atoms with Crippen LogP contribution in [0.25, 0.3) is 0 Å². The second-order valence-corrected chi connectivity index (χ2v) is 13.2. The van der Waals surface area contributed by atoms with Gasteiger partial charge >= 0.3 is 6.09 Å². The smallest absolute Gasteiger partial charge is 0.408 e. The van der Waals surface area contributed by atoms with Crippen LogP contribution in [-0.4, -0.2) is 59.0 Å². The highest BCUT2D eigenvalue weighted by molar-refractivity contribution is 7.98. The molecule has 1 fully saturated rings. The van der Waals surface area contributed by atoms with E-state index in [1.54, 1.807) is 37.4 Å². The van der Waals surface area contributed by atoms with Crippen LogP contribution in [0.5, 0.6) is 0 Å². The molecule has 226 valence electrons. The Morgan fingerprint density at radius 3 is 2.40 bits per heavy atom. The van der Waals surface area contributed by atoms with Gasteiger partial charge in [-0.1, -0.05) is 69.2 Å². The molecule has 40 heavy (non-hydrogen) atoms. The first-order valence-electron chi connectivity index (χ1n) is 15.1. The van der Waals surface area contributed by atoms with E-state index in [0.29, 0.717) is 18.7 Å². The van der Waals surface area contributed by atoms with E-state index < -0.39 is 23.8 Å². The van der Waals surface area contributed by atoms with E-state index in [0.717, 1.165) is 68.1 Å². The number of carbonyl (C=O) groups is 3. The normalized spacial score (nSPS) is 15.7. The van der Waals surface area contributed by atoms with E-state index >= 15 is 0 Å². The molecule has 0 bridgehead atoms. The molecule has 2 unspecified atom stereocenters. The predicted molar refractivity (Wildman–Crippen MR) is 166 cm³/mol. The van der Waals surface area contributed by atoms with Crippen molar-refractivity contribution >= 4 is 29.7 Å². The summed E-state index contributed by atoms with van der Waals surface area (Å²) >= 11 is 1.62. The molecule has 8 heteroatoms. The van der Waals surface area contributed by atoms with Crippen LogP contribution in [0.2, 0.25) is 0 Å². The fourth-order valence-corrected chi connectivity index (χ4v) is 5.72. The maximum atomic E-state index is 14.4. The molecule has 0 saturated heterocycles. The SMILES string of the molecule is CCCCCCN(C(=O)C(CCSC)NC(=O)OC(C)(C)C)C(C(=O)NC1CCCCC1)c1cc(C)ccc1C. The first-order valence-corrected chi connectivity index (χ1v) is 16.5. The molecule has 0 aliphatic heterocycles. The zero-order valence-electron chi connectivity index (χ0n) is 25.9. The predicted octanol–water partition coefficient (Wildman–Crippen LogP) is 6.85. The van der Waals surface area contributed by atoms with E-state index in [-0.39, 0.29) is 17.9 Å². The van der Waals surface area contributed by atoms with Gasteiger partial charge in [-0.3, -0.25) is 9.59 Å². The largest absolute Gasteiger partial charge is 0.444 e. The third-order valence-electron chi connectivity index (χ3n) is 7.38. The van der Waals surface area contributed by atoms with Crippen molar-refractivity contribution < 1.29 is 19.1 Å². The maximum Gasteiger partial charge on any atom is 0.408 e. The van der Waals surface area contributed by atoms with Crippen LogP contribution in [0, 0.1) is 13.8 Å². The Balaban J connectivity index is 2.50. The summed E-state index contributed by atoms with van der Waals surface area (Å²) in [6.07, 6.45) is 11.1. The van der Waals surface area contributed by atoms with Crippen LogP contribution in [-0.2, 0) is 14.3 Å². The standard InChI is InChI=1S/C32H53N3O4S/c1-8-9-10-14-20-35(30(37)27(19-21-40-7)34-31(38)39-32(4,5)6)28(26-22-23(2)17-18-24(26)3)29(36)33-25-15-12-11-13-16-25/h17-18,22,25,27-28H,8-16,19-21H2,1-7H3,(H,33,36)(H,34,38). The average molecular weight is 576 g/mol. The molecule has 1 aromatic carbocycles. The molecular weight excluding hydrogens is 522 g/mol. The van der Waals surface area contributed by atoms with Crippen LogP contribution < -0.4 is 10.6 Å². The second kappa shape index (κ2) is 16.9. The summed E-state index contributed by atoms with van der Waals surface area (Å²) in [6, 6.07) is 4.66. The molecule has 2 rings (SSSR count). The number of amides is 3. The van der Waals surface area contributed by atoms with Gasteiger partial charge in [-0.15, -0.1) is 0 Å². The number of rotatable bonds is 14. The summed E-state index contributed by atoms with van der Waals surface area (Å²) in [4.78, 5) is 43.1. The zero-order valence-corrected chi connectivity index (χ0v) is 26.8. The number of nitrogens with one attached hydrogen (secondary N) is 2. The van der Waals surface area contributed by atoms with Gasteiger partial charge in [0.1, 0.15) is 17.7 Å². The van der Waals surface area contributed by atoms with Crippen LogP contribution in [0.4, 0.5) is 4.79 Å². The third-order valence-corrected chi connectivity index (χ3v) is 8.02. The summed E-state index contributed by atoms with van der Waals surface area (Å²) in [5, 5.41) is 6.15. The first kappa shape index (κ1) is 34.0. The minimum atomic E-state index is -0.788. The molecule has 0 spiro atoms. The Bertz CT molecular complexity index is 956. The van der Waals surface area contributed by atoms with Gasteiger partial charge in [0, 0.05) is 12.6 Å². The summed E-state index contributed by atoms with van der Waals surface area (Å²) < 4.78 is 5.51. The highest BCUT2D eigenvalue weighted by Gasteiger charge is 2.37. The van der Waals surface area contributed by atoms with Crippen molar-refractivity contribution in [2.75, 3.05) is 18.6 Å². The lowest BCUT2D eigenvalue weighted by molar-refractivity contribution is -0.143. The van der Waals surface area contributed by atoms with Gasteiger partial charge in [0.2, 0.25) is 11.8 Å². The average Bonchev–Trinajstić information content (AvgIpc) is 2.89. The number of hydrogen-bond acceptors (Lipinski definition) is 5. The quantitative estimate of drug-likeness (QED) is 0.237. The molecule has 0 radical (unpaired) electrons. The molecule has 1 aliphatic rings. The van der Waals surface area contributed by atoms with Crippen LogP contribution in [0.15, 0.2) is 18.2 Å². The Morgan fingerprint density at radius 2 is 1.77 bits per heavy atom. The van der Waals surface area contributed by atoms with Gasteiger partial charge in [0.05, 0.1) is 0 Å². The number of aryl methyl sites for hydroxylation is 2. The number of hydrogen-bond donors (Lipinski definition) is 2. The Hall–Kier alpha value is -2.22. The fraction of sp³-hybridized carbons (Fsp3) is 0.719. The maximum absolute atomic E-state index is 14.4. The zero-order chi connectivity index (χ0) is 29.7. The molecule has 1 saturated carbocycles. The molecular formula is C32H53N3O4S. The number of thioether (sulfide) groups is 1. The monoisotopic (exact) mass is 575 g/mol. The van der Waals surface area contributed by atoms with Crippen molar-refractivity contribution in [2.24, 2.45) is 0 Å². The number of benzene rings is 1. The fourth-order valence-electron chi connectivity index (χ4n) is 5.25. The summed E-state index contributed by atoms with van der Waals surface area (Å²) in [6.45, 7) is 12.0.